The van der Waals surface area contributed by atoms with Crippen molar-refractivity contribution in [1.82, 2.24) is 15.2 Å². The van der Waals surface area contributed by atoms with Gasteiger partial charge in [-0.1, -0.05) is 41.1 Å². The number of ether oxygens (including phenoxy) is 1. The van der Waals surface area contributed by atoms with E-state index in [4.69, 9.17) is 21.3 Å². The first-order valence-corrected chi connectivity index (χ1v) is 12.5. The first kappa shape index (κ1) is 22.7. The van der Waals surface area contributed by atoms with Gasteiger partial charge in [-0.3, -0.25) is 9.69 Å². The molecule has 0 aliphatic carbocycles. The van der Waals surface area contributed by atoms with Gasteiger partial charge in [-0.05, 0) is 54.6 Å². The summed E-state index contributed by atoms with van der Waals surface area (Å²) in [5.41, 5.74) is 1.62. The fourth-order valence-corrected chi connectivity index (χ4v) is 5.21. The van der Waals surface area contributed by atoms with Gasteiger partial charge in [-0.2, -0.15) is 0 Å². The summed E-state index contributed by atoms with van der Waals surface area (Å²) < 4.78 is 6.90. The number of amides is 1. The lowest BCUT2D eigenvalue weighted by atomic mass is 10.2. The van der Waals surface area contributed by atoms with E-state index in [1.807, 2.05) is 60.7 Å². The van der Waals surface area contributed by atoms with Crippen LogP contribution in [0.4, 0.5) is 5.13 Å². The number of carbonyl (C=O) groups is 1. The van der Waals surface area contributed by atoms with E-state index in [0.29, 0.717) is 17.9 Å². The predicted molar refractivity (Wildman–Crippen MR) is 139 cm³/mol. The second-order valence-electron chi connectivity index (χ2n) is 8.13. The minimum atomic E-state index is -0.0713. The van der Waals surface area contributed by atoms with Gasteiger partial charge in [0, 0.05) is 49.9 Å². The number of aromatic nitrogens is 1. The summed E-state index contributed by atoms with van der Waals surface area (Å²) in [4.78, 5) is 22.0. The van der Waals surface area contributed by atoms with Crippen molar-refractivity contribution in [3.63, 3.8) is 0 Å². The van der Waals surface area contributed by atoms with Crippen molar-refractivity contribution in [2.75, 3.05) is 44.2 Å². The van der Waals surface area contributed by atoms with E-state index in [1.165, 1.54) is 0 Å². The summed E-state index contributed by atoms with van der Waals surface area (Å²) in [6, 6.07) is 22.6. The van der Waals surface area contributed by atoms with Crippen LogP contribution in [0.5, 0.6) is 11.5 Å². The maximum absolute atomic E-state index is 12.5. The number of fused-ring (bicyclic) bond motifs is 1. The Bertz CT molecular complexity index is 1260. The second-order valence-corrected chi connectivity index (χ2v) is 9.58. The molecular formula is C26H25ClN4O2S. The molecule has 0 bridgehead atoms. The van der Waals surface area contributed by atoms with Crippen molar-refractivity contribution in [2.45, 2.75) is 0 Å². The molecule has 0 atom stereocenters. The number of piperazine rings is 1. The quantitative estimate of drug-likeness (QED) is 0.379. The van der Waals surface area contributed by atoms with Crippen LogP contribution in [0.2, 0.25) is 5.02 Å². The Morgan fingerprint density at radius 2 is 1.71 bits per heavy atom. The van der Waals surface area contributed by atoms with Crippen molar-refractivity contribution in [2.24, 2.45) is 0 Å². The van der Waals surface area contributed by atoms with Gasteiger partial charge in [-0.15, -0.1) is 0 Å². The topological polar surface area (TPSA) is 57.7 Å². The Hall–Kier alpha value is -3.13. The van der Waals surface area contributed by atoms with Crippen LogP contribution in [0.25, 0.3) is 10.2 Å². The van der Waals surface area contributed by atoms with Gasteiger partial charge in [0.25, 0.3) is 5.91 Å². The summed E-state index contributed by atoms with van der Waals surface area (Å²) >= 11 is 7.79. The third kappa shape index (κ3) is 5.50. The molecule has 34 heavy (non-hydrogen) atoms. The fraction of sp³-hybridized carbons (Fsp3) is 0.231. The van der Waals surface area contributed by atoms with Crippen LogP contribution in [0.3, 0.4) is 0 Å². The number of hydrogen-bond donors (Lipinski definition) is 1. The zero-order chi connectivity index (χ0) is 23.3. The van der Waals surface area contributed by atoms with E-state index >= 15 is 0 Å². The Labute approximate surface area is 207 Å². The van der Waals surface area contributed by atoms with Crippen molar-refractivity contribution < 1.29 is 9.53 Å². The molecule has 174 valence electrons. The van der Waals surface area contributed by atoms with E-state index in [1.54, 1.807) is 23.5 Å². The monoisotopic (exact) mass is 492 g/mol. The van der Waals surface area contributed by atoms with Crippen molar-refractivity contribution >= 4 is 44.2 Å². The second kappa shape index (κ2) is 10.4. The largest absolute Gasteiger partial charge is 0.457 e. The zero-order valence-electron chi connectivity index (χ0n) is 18.6. The standard InChI is InChI=1S/C26H25ClN4O2S/c27-20-8-11-23-24(18-20)34-26(29-23)31-16-14-30(15-17-31)13-12-28-25(32)19-6-9-22(10-7-19)33-21-4-2-1-3-5-21/h1-11,18H,12-17H2,(H,28,32). The van der Waals surface area contributed by atoms with Gasteiger partial charge in [0.05, 0.1) is 10.2 Å². The first-order valence-electron chi connectivity index (χ1n) is 11.3. The molecule has 4 aromatic rings. The van der Waals surface area contributed by atoms with Gasteiger partial charge < -0.3 is 15.0 Å². The fourth-order valence-electron chi connectivity index (χ4n) is 3.91. The van der Waals surface area contributed by atoms with E-state index in [0.717, 1.165) is 58.8 Å². The van der Waals surface area contributed by atoms with E-state index in [-0.39, 0.29) is 5.91 Å². The number of anilines is 1. The highest BCUT2D eigenvalue weighted by molar-refractivity contribution is 7.22. The highest BCUT2D eigenvalue weighted by Crippen LogP contribution is 2.31. The predicted octanol–water partition coefficient (Wildman–Crippen LogP) is 5.29. The normalized spacial score (nSPS) is 14.3. The molecule has 0 spiro atoms. The van der Waals surface area contributed by atoms with E-state index in [2.05, 4.69) is 15.1 Å². The molecule has 3 aromatic carbocycles. The number of rotatable bonds is 7. The minimum Gasteiger partial charge on any atom is -0.457 e. The summed E-state index contributed by atoms with van der Waals surface area (Å²) in [6.07, 6.45) is 0. The number of para-hydroxylation sites is 1. The lowest BCUT2D eigenvalue weighted by Gasteiger charge is -2.34. The molecule has 1 aromatic heterocycles. The molecule has 0 saturated carbocycles. The van der Waals surface area contributed by atoms with Crippen molar-refractivity contribution in [1.29, 1.82) is 0 Å². The van der Waals surface area contributed by atoms with Gasteiger partial charge in [0.1, 0.15) is 11.5 Å². The first-order chi connectivity index (χ1) is 16.6. The van der Waals surface area contributed by atoms with Crippen LogP contribution in [0.15, 0.2) is 72.8 Å². The Kier molecular flexibility index (Phi) is 6.94. The third-order valence-electron chi connectivity index (χ3n) is 5.79. The number of carbonyl (C=O) groups excluding carboxylic acids is 1. The number of halogens is 1. The smallest absolute Gasteiger partial charge is 0.251 e. The number of hydrogen-bond acceptors (Lipinski definition) is 6. The molecule has 1 N–H and O–H groups in total. The van der Waals surface area contributed by atoms with Gasteiger partial charge in [0.15, 0.2) is 5.13 Å². The molecule has 8 heteroatoms. The van der Waals surface area contributed by atoms with Gasteiger partial charge >= 0.3 is 0 Å². The molecule has 6 nitrogen and oxygen atoms in total. The Balaban J connectivity index is 1.06. The van der Waals surface area contributed by atoms with Gasteiger partial charge in [0.2, 0.25) is 0 Å². The average molecular weight is 493 g/mol. The number of thiazole rings is 1. The van der Waals surface area contributed by atoms with Crippen molar-refractivity contribution in [3.05, 3.63) is 83.4 Å². The zero-order valence-corrected chi connectivity index (χ0v) is 20.2. The maximum Gasteiger partial charge on any atom is 0.251 e. The molecule has 1 aliphatic heterocycles. The van der Waals surface area contributed by atoms with Crippen LogP contribution in [0, 0.1) is 0 Å². The summed E-state index contributed by atoms with van der Waals surface area (Å²) in [7, 11) is 0. The van der Waals surface area contributed by atoms with E-state index < -0.39 is 0 Å². The van der Waals surface area contributed by atoms with Crippen LogP contribution in [-0.4, -0.2) is 55.1 Å². The molecule has 2 heterocycles. The lowest BCUT2D eigenvalue weighted by molar-refractivity contribution is 0.0948. The SMILES string of the molecule is O=C(NCCN1CCN(c2nc3ccc(Cl)cc3s2)CC1)c1ccc(Oc2ccccc2)cc1. The average Bonchev–Trinajstić information content (AvgIpc) is 3.29. The van der Waals surface area contributed by atoms with Crippen LogP contribution in [-0.2, 0) is 0 Å². The summed E-state index contributed by atoms with van der Waals surface area (Å²) in [5.74, 6) is 1.40. The van der Waals surface area contributed by atoms with Gasteiger partial charge in [-0.25, -0.2) is 4.98 Å². The van der Waals surface area contributed by atoms with E-state index in [9.17, 15) is 4.79 Å². The highest BCUT2D eigenvalue weighted by atomic mass is 35.5. The molecule has 0 radical (unpaired) electrons. The summed E-state index contributed by atoms with van der Waals surface area (Å²) in [6.45, 7) is 5.16. The molecule has 1 amide bonds. The maximum atomic E-state index is 12.5. The highest BCUT2D eigenvalue weighted by Gasteiger charge is 2.20. The molecule has 5 rings (SSSR count). The van der Waals surface area contributed by atoms with Crippen molar-refractivity contribution in [3.8, 4) is 11.5 Å². The third-order valence-corrected chi connectivity index (χ3v) is 7.11. The molecule has 0 unspecified atom stereocenters. The Morgan fingerprint density at radius 1 is 0.971 bits per heavy atom. The minimum absolute atomic E-state index is 0.0713. The summed E-state index contributed by atoms with van der Waals surface area (Å²) in [5, 5.41) is 4.81. The number of nitrogens with one attached hydrogen (secondary N) is 1. The number of nitrogens with zero attached hydrogens (tertiary/aromatic N) is 3. The molecule has 1 aliphatic rings. The molecule has 1 fully saturated rings. The van der Waals surface area contributed by atoms with Crippen LogP contribution < -0.4 is 15.0 Å². The molecular weight excluding hydrogens is 468 g/mol. The van der Waals surface area contributed by atoms with Crippen LogP contribution in [0.1, 0.15) is 10.4 Å². The Morgan fingerprint density at radius 3 is 2.47 bits per heavy atom. The number of benzene rings is 3. The molecule has 1 saturated heterocycles. The lowest BCUT2D eigenvalue weighted by Crippen LogP contribution is -2.48. The van der Waals surface area contributed by atoms with Crippen LogP contribution >= 0.6 is 22.9 Å².